The molecule has 17 heavy (non-hydrogen) atoms. The zero-order valence-electron chi connectivity index (χ0n) is 10.3. The molecule has 0 saturated carbocycles. The van der Waals surface area contributed by atoms with E-state index in [1.807, 2.05) is 0 Å². The second-order valence-electron chi connectivity index (χ2n) is 4.60. The van der Waals surface area contributed by atoms with Gasteiger partial charge in [0.1, 0.15) is 5.69 Å². The standard InChI is InChI=1S/C12H17BrN2O2/c1-8(2)6-10(13)7-11-4-5-12(15(16)17)9(3)14-11/h4-5,8,10H,6-7H2,1-3H3. The average molecular weight is 301 g/mol. The van der Waals surface area contributed by atoms with E-state index in [1.54, 1.807) is 13.0 Å². The van der Waals surface area contributed by atoms with Crippen molar-refractivity contribution in [2.45, 2.75) is 38.4 Å². The Bertz CT molecular complexity index is 407. The third kappa shape index (κ3) is 4.42. The molecule has 0 fully saturated rings. The van der Waals surface area contributed by atoms with Gasteiger partial charge in [0.15, 0.2) is 0 Å². The highest BCUT2D eigenvalue weighted by Gasteiger charge is 2.14. The first-order valence-corrected chi connectivity index (χ1v) is 6.56. The number of alkyl halides is 1. The fourth-order valence-corrected chi connectivity index (χ4v) is 2.81. The summed E-state index contributed by atoms with van der Waals surface area (Å²) in [6.07, 6.45) is 1.87. The van der Waals surface area contributed by atoms with Crippen LogP contribution in [0.1, 0.15) is 31.7 Å². The van der Waals surface area contributed by atoms with E-state index in [0.717, 1.165) is 18.5 Å². The summed E-state index contributed by atoms with van der Waals surface area (Å²) < 4.78 is 0. The lowest BCUT2D eigenvalue weighted by Gasteiger charge is -2.11. The number of hydrogen-bond donors (Lipinski definition) is 0. The molecule has 1 rings (SSSR count). The maximum atomic E-state index is 10.7. The zero-order chi connectivity index (χ0) is 13.0. The summed E-state index contributed by atoms with van der Waals surface area (Å²) in [5.41, 5.74) is 1.47. The molecule has 0 radical (unpaired) electrons. The second-order valence-corrected chi connectivity index (χ2v) is 5.89. The summed E-state index contributed by atoms with van der Waals surface area (Å²) in [5, 5.41) is 10.7. The molecular weight excluding hydrogens is 284 g/mol. The Hall–Kier alpha value is -0.970. The van der Waals surface area contributed by atoms with Crippen LogP contribution in [-0.4, -0.2) is 14.7 Å². The van der Waals surface area contributed by atoms with E-state index in [1.165, 1.54) is 6.07 Å². The van der Waals surface area contributed by atoms with Crippen molar-refractivity contribution in [3.05, 3.63) is 33.6 Å². The van der Waals surface area contributed by atoms with Crippen molar-refractivity contribution in [3.8, 4) is 0 Å². The van der Waals surface area contributed by atoms with E-state index in [0.29, 0.717) is 16.4 Å². The molecule has 0 aliphatic rings. The second kappa shape index (κ2) is 6.10. The Balaban J connectivity index is 2.74. The highest BCUT2D eigenvalue weighted by molar-refractivity contribution is 9.09. The van der Waals surface area contributed by atoms with Crippen molar-refractivity contribution < 1.29 is 4.92 Å². The molecule has 1 aromatic heterocycles. The number of halogens is 1. The molecule has 0 aliphatic carbocycles. The van der Waals surface area contributed by atoms with Crippen LogP contribution < -0.4 is 0 Å². The van der Waals surface area contributed by atoms with Crippen molar-refractivity contribution in [2.24, 2.45) is 5.92 Å². The molecule has 0 spiro atoms. The van der Waals surface area contributed by atoms with Gasteiger partial charge in [0.25, 0.3) is 5.69 Å². The summed E-state index contributed by atoms with van der Waals surface area (Å²) in [4.78, 5) is 14.9. The van der Waals surface area contributed by atoms with Crippen molar-refractivity contribution in [1.82, 2.24) is 4.98 Å². The van der Waals surface area contributed by atoms with Gasteiger partial charge < -0.3 is 0 Å². The maximum Gasteiger partial charge on any atom is 0.290 e. The van der Waals surface area contributed by atoms with Crippen LogP contribution in [0.15, 0.2) is 12.1 Å². The van der Waals surface area contributed by atoms with Crippen molar-refractivity contribution >= 4 is 21.6 Å². The first-order chi connectivity index (χ1) is 7.90. The van der Waals surface area contributed by atoms with Gasteiger partial charge in [0.2, 0.25) is 0 Å². The first kappa shape index (κ1) is 14.1. The number of nitro groups is 1. The van der Waals surface area contributed by atoms with Crippen LogP contribution in [0, 0.1) is 23.0 Å². The molecule has 1 unspecified atom stereocenters. The van der Waals surface area contributed by atoms with Gasteiger partial charge in [0.05, 0.1) is 4.92 Å². The van der Waals surface area contributed by atoms with Crippen molar-refractivity contribution in [1.29, 1.82) is 0 Å². The molecule has 1 heterocycles. The number of rotatable bonds is 5. The monoisotopic (exact) mass is 300 g/mol. The predicted molar refractivity (Wildman–Crippen MR) is 71.5 cm³/mol. The minimum atomic E-state index is -0.397. The van der Waals surface area contributed by atoms with Crippen molar-refractivity contribution in [3.63, 3.8) is 0 Å². The van der Waals surface area contributed by atoms with Gasteiger partial charge in [-0.2, -0.15) is 0 Å². The molecule has 1 aromatic rings. The van der Waals surface area contributed by atoms with Crippen molar-refractivity contribution in [2.75, 3.05) is 0 Å². The highest BCUT2D eigenvalue weighted by atomic mass is 79.9. The number of aryl methyl sites for hydroxylation is 1. The molecule has 5 heteroatoms. The Morgan fingerprint density at radius 1 is 1.47 bits per heavy atom. The molecule has 0 N–H and O–H groups in total. The van der Waals surface area contributed by atoms with Gasteiger partial charge in [-0.1, -0.05) is 29.8 Å². The summed E-state index contributed by atoms with van der Waals surface area (Å²) in [7, 11) is 0. The number of hydrogen-bond acceptors (Lipinski definition) is 3. The lowest BCUT2D eigenvalue weighted by Crippen LogP contribution is -2.08. The third-order valence-corrected chi connectivity index (χ3v) is 3.17. The van der Waals surface area contributed by atoms with E-state index < -0.39 is 4.92 Å². The van der Waals surface area contributed by atoms with Crippen LogP contribution in [0.25, 0.3) is 0 Å². The Labute approximate surface area is 110 Å². The van der Waals surface area contributed by atoms with Gasteiger partial charge in [-0.3, -0.25) is 15.1 Å². The number of pyridine rings is 1. The summed E-state index contributed by atoms with van der Waals surface area (Å²) in [6, 6.07) is 3.27. The SMILES string of the molecule is Cc1nc(CC(Br)CC(C)C)ccc1[N+](=O)[O-]. The lowest BCUT2D eigenvalue weighted by molar-refractivity contribution is -0.385. The van der Waals surface area contributed by atoms with Crippen LogP contribution in [0.5, 0.6) is 0 Å². The number of nitrogens with zero attached hydrogens (tertiary/aromatic N) is 2. The molecule has 0 saturated heterocycles. The fraction of sp³-hybridized carbons (Fsp3) is 0.583. The first-order valence-electron chi connectivity index (χ1n) is 5.65. The van der Waals surface area contributed by atoms with E-state index >= 15 is 0 Å². The molecule has 0 aromatic carbocycles. The van der Waals surface area contributed by atoms with E-state index in [-0.39, 0.29) is 5.69 Å². The molecular formula is C12H17BrN2O2. The average Bonchev–Trinajstić information content (AvgIpc) is 2.15. The van der Waals surface area contributed by atoms with Gasteiger partial charge in [-0.15, -0.1) is 0 Å². The van der Waals surface area contributed by atoms with Crippen LogP contribution >= 0.6 is 15.9 Å². The van der Waals surface area contributed by atoms with E-state index in [4.69, 9.17) is 0 Å². The largest absolute Gasteiger partial charge is 0.290 e. The molecule has 1 atom stereocenters. The Morgan fingerprint density at radius 2 is 2.12 bits per heavy atom. The highest BCUT2D eigenvalue weighted by Crippen LogP contribution is 2.20. The topological polar surface area (TPSA) is 56.0 Å². The van der Waals surface area contributed by atoms with Gasteiger partial charge >= 0.3 is 0 Å². The quantitative estimate of drug-likeness (QED) is 0.474. The van der Waals surface area contributed by atoms with Gasteiger partial charge in [0, 0.05) is 23.0 Å². The normalized spacial score (nSPS) is 12.8. The Morgan fingerprint density at radius 3 is 2.59 bits per heavy atom. The predicted octanol–water partition coefficient (Wildman–Crippen LogP) is 3.65. The molecule has 94 valence electrons. The van der Waals surface area contributed by atoms with Crippen LogP contribution in [0.4, 0.5) is 5.69 Å². The van der Waals surface area contributed by atoms with Gasteiger partial charge in [-0.05, 0) is 25.3 Å². The van der Waals surface area contributed by atoms with Crippen LogP contribution in [-0.2, 0) is 6.42 Å². The fourth-order valence-electron chi connectivity index (χ4n) is 1.73. The zero-order valence-corrected chi connectivity index (χ0v) is 11.9. The third-order valence-electron chi connectivity index (χ3n) is 2.47. The minimum absolute atomic E-state index is 0.0868. The minimum Gasteiger partial charge on any atom is -0.258 e. The Kier molecular flexibility index (Phi) is 5.05. The van der Waals surface area contributed by atoms with E-state index in [9.17, 15) is 10.1 Å². The summed E-state index contributed by atoms with van der Waals surface area (Å²) in [5.74, 6) is 0.624. The molecule has 4 nitrogen and oxygen atoms in total. The lowest BCUT2D eigenvalue weighted by atomic mass is 10.0. The van der Waals surface area contributed by atoms with E-state index in [2.05, 4.69) is 34.8 Å². The smallest absolute Gasteiger partial charge is 0.258 e. The van der Waals surface area contributed by atoms with Crippen LogP contribution in [0.2, 0.25) is 0 Å². The molecule has 0 bridgehead atoms. The number of aromatic nitrogens is 1. The van der Waals surface area contributed by atoms with Crippen LogP contribution in [0.3, 0.4) is 0 Å². The maximum absolute atomic E-state index is 10.7. The van der Waals surface area contributed by atoms with Gasteiger partial charge in [-0.25, -0.2) is 0 Å². The molecule has 0 aliphatic heterocycles. The summed E-state index contributed by atoms with van der Waals surface area (Å²) in [6.45, 7) is 6.01. The molecule has 0 amide bonds. The summed E-state index contributed by atoms with van der Waals surface area (Å²) >= 11 is 3.61.